The van der Waals surface area contributed by atoms with E-state index in [-0.39, 0.29) is 11.0 Å². The van der Waals surface area contributed by atoms with Crippen LogP contribution in [0.4, 0.5) is 0 Å². The van der Waals surface area contributed by atoms with Crippen molar-refractivity contribution in [3.63, 3.8) is 0 Å². The van der Waals surface area contributed by atoms with Gasteiger partial charge >= 0.3 is 0 Å². The molecule has 1 atom stereocenters. The normalized spacial score (nSPS) is 23.8. The molecule has 1 aromatic rings. The molecule has 0 aromatic carbocycles. The summed E-state index contributed by atoms with van der Waals surface area (Å²) < 4.78 is 0. The van der Waals surface area contributed by atoms with E-state index in [9.17, 15) is 0 Å². The van der Waals surface area contributed by atoms with Gasteiger partial charge in [0, 0.05) is 36.1 Å². The van der Waals surface area contributed by atoms with Gasteiger partial charge < -0.3 is 5.73 Å². The fourth-order valence-corrected chi connectivity index (χ4v) is 8.93. The molecule has 1 aliphatic carbocycles. The van der Waals surface area contributed by atoms with Crippen LogP contribution in [0.1, 0.15) is 76.5 Å². The molecule has 0 spiro atoms. The van der Waals surface area contributed by atoms with Gasteiger partial charge in [0.15, 0.2) is 0 Å². The molecule has 4 heteroatoms. The number of fused-ring (bicyclic) bond motifs is 1. The van der Waals surface area contributed by atoms with Gasteiger partial charge in [-0.2, -0.15) is 0 Å². The number of thioether (sulfide) groups is 2. The van der Waals surface area contributed by atoms with Gasteiger partial charge in [-0.25, -0.2) is 0 Å². The second-order valence-corrected chi connectivity index (χ2v) is 12.1. The minimum Gasteiger partial charge on any atom is -0.321 e. The highest BCUT2D eigenvalue weighted by atomic mass is 32.2. The minimum absolute atomic E-state index is 0.209. The lowest BCUT2D eigenvalue weighted by molar-refractivity contribution is 0.358. The molecule has 0 bridgehead atoms. The van der Waals surface area contributed by atoms with E-state index in [1.165, 1.54) is 47.6 Å². The van der Waals surface area contributed by atoms with Gasteiger partial charge in [-0.1, -0.05) is 40.0 Å². The molecular weight excluding hydrogens is 338 g/mol. The molecule has 0 amide bonds. The van der Waals surface area contributed by atoms with Crippen LogP contribution in [0.3, 0.4) is 0 Å². The zero-order chi connectivity index (χ0) is 16.8. The average Bonchev–Trinajstić information content (AvgIpc) is 2.87. The van der Waals surface area contributed by atoms with Crippen molar-refractivity contribution in [1.82, 2.24) is 0 Å². The Morgan fingerprint density at radius 3 is 2.13 bits per heavy atom. The largest absolute Gasteiger partial charge is 0.321 e. The van der Waals surface area contributed by atoms with Gasteiger partial charge in [-0.05, 0) is 38.0 Å². The summed E-state index contributed by atoms with van der Waals surface area (Å²) in [5.41, 5.74) is 6.48. The van der Waals surface area contributed by atoms with Crippen LogP contribution in [-0.2, 0) is 11.0 Å². The van der Waals surface area contributed by atoms with E-state index >= 15 is 0 Å². The predicted molar refractivity (Wildman–Crippen MR) is 107 cm³/mol. The third-order valence-electron chi connectivity index (χ3n) is 4.93. The molecule has 1 aromatic heterocycles. The van der Waals surface area contributed by atoms with Crippen molar-refractivity contribution in [1.29, 1.82) is 0 Å². The predicted octanol–water partition coefficient (Wildman–Crippen LogP) is 6.39. The average molecular weight is 370 g/mol. The van der Waals surface area contributed by atoms with Gasteiger partial charge in [-0.15, -0.1) is 34.9 Å². The maximum Gasteiger partial charge on any atom is 0.0458 e. The van der Waals surface area contributed by atoms with Gasteiger partial charge in [0.05, 0.1) is 0 Å². The standard InChI is InChI=1S/C19H31NS3/c1-18(2,3)16-15-14(17(23-16)19(4,5)20)21-11-13(22-15)12-9-7-6-8-10-12/h12-13H,6-11,20H2,1-5H3. The summed E-state index contributed by atoms with van der Waals surface area (Å²) in [6, 6.07) is 0. The third-order valence-corrected chi connectivity index (χ3v) is 10.2. The van der Waals surface area contributed by atoms with Crippen molar-refractivity contribution < 1.29 is 0 Å². The van der Waals surface area contributed by atoms with Crippen LogP contribution in [0.5, 0.6) is 0 Å². The molecule has 1 aliphatic heterocycles. The van der Waals surface area contributed by atoms with E-state index in [2.05, 4.69) is 58.1 Å². The fourth-order valence-electron chi connectivity index (χ4n) is 3.65. The first-order valence-corrected chi connectivity index (χ1v) is 11.6. The molecule has 2 N–H and O–H groups in total. The van der Waals surface area contributed by atoms with Crippen LogP contribution in [0.15, 0.2) is 9.79 Å². The maximum atomic E-state index is 6.50. The molecule has 130 valence electrons. The first-order valence-electron chi connectivity index (χ1n) is 8.94. The van der Waals surface area contributed by atoms with E-state index in [1.807, 2.05) is 11.3 Å². The van der Waals surface area contributed by atoms with Gasteiger partial charge in [0.25, 0.3) is 0 Å². The Balaban J connectivity index is 1.95. The van der Waals surface area contributed by atoms with Crippen molar-refractivity contribution in [3.05, 3.63) is 9.75 Å². The van der Waals surface area contributed by atoms with Crippen LogP contribution in [0.25, 0.3) is 0 Å². The molecule has 0 radical (unpaired) electrons. The molecule has 2 heterocycles. The molecule has 0 saturated heterocycles. The summed E-state index contributed by atoms with van der Waals surface area (Å²) in [6.07, 6.45) is 7.21. The van der Waals surface area contributed by atoms with E-state index in [0.29, 0.717) is 0 Å². The van der Waals surface area contributed by atoms with Gasteiger partial charge in [0.2, 0.25) is 0 Å². The molecular formula is C19H31NS3. The summed E-state index contributed by atoms with van der Waals surface area (Å²) in [6.45, 7) is 11.4. The summed E-state index contributed by atoms with van der Waals surface area (Å²) in [5.74, 6) is 2.20. The van der Waals surface area contributed by atoms with Crippen molar-refractivity contribution in [2.24, 2.45) is 11.7 Å². The highest BCUT2D eigenvalue weighted by Crippen LogP contribution is 2.55. The lowest BCUT2D eigenvalue weighted by Gasteiger charge is -2.34. The number of nitrogens with two attached hydrogens (primary N) is 1. The van der Waals surface area contributed by atoms with Crippen LogP contribution in [0, 0.1) is 5.92 Å². The smallest absolute Gasteiger partial charge is 0.0458 e. The summed E-state index contributed by atoms with van der Waals surface area (Å²) in [7, 11) is 0. The van der Waals surface area contributed by atoms with Gasteiger partial charge in [-0.3, -0.25) is 0 Å². The first kappa shape index (κ1) is 18.2. The van der Waals surface area contributed by atoms with Crippen LogP contribution >= 0.6 is 34.9 Å². The highest BCUT2D eigenvalue weighted by Gasteiger charge is 2.37. The minimum atomic E-state index is -0.233. The lowest BCUT2D eigenvalue weighted by atomic mass is 9.87. The summed E-state index contributed by atoms with van der Waals surface area (Å²) >= 11 is 6.25. The molecule has 23 heavy (non-hydrogen) atoms. The topological polar surface area (TPSA) is 26.0 Å². The second kappa shape index (κ2) is 6.59. The second-order valence-electron chi connectivity index (χ2n) is 8.76. The molecule has 1 fully saturated rings. The summed E-state index contributed by atoms with van der Waals surface area (Å²) in [4.78, 5) is 6.03. The van der Waals surface area contributed by atoms with E-state index < -0.39 is 0 Å². The zero-order valence-electron chi connectivity index (χ0n) is 15.2. The molecule has 3 rings (SSSR count). The molecule has 1 nitrogen and oxygen atoms in total. The van der Waals surface area contributed by atoms with E-state index in [4.69, 9.17) is 5.73 Å². The number of hydrogen-bond acceptors (Lipinski definition) is 4. The highest BCUT2D eigenvalue weighted by molar-refractivity contribution is 8.06. The van der Waals surface area contributed by atoms with Crippen LogP contribution in [0.2, 0.25) is 0 Å². The SMILES string of the molecule is CC(C)(C)c1sc(C(C)(C)N)c2c1SC(C1CCCCC1)CS2. The van der Waals surface area contributed by atoms with Crippen molar-refractivity contribution in [2.45, 2.75) is 92.7 Å². The molecule has 2 aliphatic rings. The Kier molecular flexibility index (Phi) is 5.20. The van der Waals surface area contributed by atoms with E-state index in [1.54, 1.807) is 9.77 Å². The Morgan fingerprint density at radius 1 is 0.913 bits per heavy atom. The number of rotatable bonds is 2. The fraction of sp³-hybridized carbons (Fsp3) is 0.789. The lowest BCUT2D eigenvalue weighted by Crippen LogP contribution is -2.29. The monoisotopic (exact) mass is 369 g/mol. The Morgan fingerprint density at radius 2 is 1.57 bits per heavy atom. The number of hydrogen-bond donors (Lipinski definition) is 1. The van der Waals surface area contributed by atoms with Gasteiger partial charge in [0.1, 0.15) is 0 Å². The Hall–Kier alpha value is 0.360. The maximum absolute atomic E-state index is 6.50. The van der Waals surface area contributed by atoms with Crippen molar-refractivity contribution >= 4 is 34.9 Å². The van der Waals surface area contributed by atoms with Crippen molar-refractivity contribution in [3.8, 4) is 0 Å². The summed E-state index contributed by atoms with van der Waals surface area (Å²) in [5, 5.41) is 0.803. The Bertz CT molecular complexity index is 556. The number of thiophene rings is 1. The zero-order valence-corrected chi connectivity index (χ0v) is 17.6. The van der Waals surface area contributed by atoms with Crippen molar-refractivity contribution in [2.75, 3.05) is 5.75 Å². The van der Waals surface area contributed by atoms with E-state index in [0.717, 1.165) is 11.2 Å². The molecule has 1 saturated carbocycles. The Labute approximate surface area is 154 Å². The van der Waals surface area contributed by atoms with Crippen LogP contribution in [-0.4, -0.2) is 11.0 Å². The quantitative estimate of drug-likeness (QED) is 0.654. The molecule has 1 unspecified atom stereocenters. The third kappa shape index (κ3) is 3.80. The van der Waals surface area contributed by atoms with Crippen LogP contribution < -0.4 is 5.73 Å². The first-order chi connectivity index (χ1) is 10.7.